The lowest BCUT2D eigenvalue weighted by Crippen LogP contribution is -2.29. The minimum atomic E-state index is -0.0734. The highest BCUT2D eigenvalue weighted by Gasteiger charge is 2.17. The molecule has 0 saturated carbocycles. The van der Waals surface area contributed by atoms with Crippen molar-refractivity contribution in [3.8, 4) is 0 Å². The molecule has 1 aliphatic rings. The molecule has 0 bridgehead atoms. The molecule has 0 aromatic carbocycles. The third-order valence-electron chi connectivity index (χ3n) is 3.77. The number of hydroxylamine groups is 1. The van der Waals surface area contributed by atoms with Crippen molar-refractivity contribution in [3.63, 3.8) is 0 Å². The molecule has 1 aliphatic heterocycles. The Labute approximate surface area is 148 Å². The number of hydrogen-bond donors (Lipinski definition) is 3. The summed E-state index contributed by atoms with van der Waals surface area (Å²) >= 11 is 0. The van der Waals surface area contributed by atoms with Crippen LogP contribution in [0.25, 0.3) is 0 Å². The minimum Gasteiger partial charge on any atom is -0.379 e. The number of nitrogens with two attached hydrogens (primary N) is 1. The Hall–Kier alpha value is -2.19. The van der Waals surface area contributed by atoms with Gasteiger partial charge in [-0.15, -0.1) is 0 Å². The Morgan fingerprint density at radius 3 is 2.88 bits per heavy atom. The first-order chi connectivity index (χ1) is 12.2. The van der Waals surface area contributed by atoms with E-state index in [2.05, 4.69) is 20.8 Å². The zero-order valence-electron chi connectivity index (χ0n) is 14.4. The molecule has 1 aromatic rings. The Bertz CT molecular complexity index is 532. The summed E-state index contributed by atoms with van der Waals surface area (Å²) in [4.78, 5) is 25.1. The summed E-state index contributed by atoms with van der Waals surface area (Å²) in [7, 11) is 0. The summed E-state index contributed by atoms with van der Waals surface area (Å²) in [6.07, 6.45) is 8.46. The Balaban J connectivity index is 1.44. The Morgan fingerprint density at radius 2 is 2.12 bits per heavy atom. The maximum atomic E-state index is 11.6. The lowest BCUT2D eigenvalue weighted by molar-refractivity contribution is -0.138. The van der Waals surface area contributed by atoms with Gasteiger partial charge in [0.05, 0.1) is 6.61 Å². The van der Waals surface area contributed by atoms with Crippen molar-refractivity contribution in [2.24, 2.45) is 10.7 Å². The lowest BCUT2D eigenvalue weighted by atomic mass is 10.1. The quantitative estimate of drug-likeness (QED) is 0.256. The van der Waals surface area contributed by atoms with Crippen LogP contribution >= 0.6 is 0 Å². The number of unbranched alkanes of at least 4 members (excludes halogenated alkanes) is 3. The van der Waals surface area contributed by atoms with Crippen molar-refractivity contribution in [1.82, 2.24) is 10.5 Å². The first kappa shape index (κ1) is 19.1. The monoisotopic (exact) mass is 349 g/mol. The molecular formula is C17H27N5O3. The van der Waals surface area contributed by atoms with Gasteiger partial charge < -0.3 is 15.8 Å². The summed E-state index contributed by atoms with van der Waals surface area (Å²) in [6.45, 7) is 1.92. The van der Waals surface area contributed by atoms with Gasteiger partial charge in [0, 0.05) is 44.1 Å². The average Bonchev–Trinajstić information content (AvgIpc) is 3.13. The van der Waals surface area contributed by atoms with E-state index in [-0.39, 0.29) is 12.0 Å². The van der Waals surface area contributed by atoms with Crippen LogP contribution in [0.4, 0.5) is 5.69 Å². The molecule has 2 rings (SSSR count). The summed E-state index contributed by atoms with van der Waals surface area (Å²) in [5.74, 6) is 0.328. The number of guanidine groups is 1. The second-order valence-electron chi connectivity index (χ2n) is 5.92. The second-order valence-corrected chi connectivity index (χ2v) is 5.92. The molecule has 25 heavy (non-hydrogen) atoms. The van der Waals surface area contributed by atoms with E-state index in [1.54, 1.807) is 12.4 Å². The Morgan fingerprint density at radius 1 is 1.32 bits per heavy atom. The minimum absolute atomic E-state index is 0.00645. The van der Waals surface area contributed by atoms with E-state index < -0.39 is 0 Å². The predicted molar refractivity (Wildman–Crippen MR) is 95.9 cm³/mol. The van der Waals surface area contributed by atoms with Crippen LogP contribution in [0.5, 0.6) is 0 Å². The molecule has 1 unspecified atom stereocenters. The van der Waals surface area contributed by atoms with Gasteiger partial charge in [0.15, 0.2) is 5.96 Å². The highest BCUT2D eigenvalue weighted by molar-refractivity contribution is 5.92. The molecule has 1 aromatic heterocycles. The van der Waals surface area contributed by atoms with E-state index in [1.165, 1.54) is 0 Å². The molecule has 4 N–H and O–H groups in total. The van der Waals surface area contributed by atoms with Crippen molar-refractivity contribution in [2.45, 2.75) is 44.6 Å². The maximum Gasteiger partial charge on any atom is 0.243 e. The van der Waals surface area contributed by atoms with E-state index in [9.17, 15) is 4.79 Å². The summed E-state index contributed by atoms with van der Waals surface area (Å²) in [6, 6.07) is 3.66. The molecule has 1 saturated heterocycles. The average molecular weight is 349 g/mol. The fourth-order valence-electron chi connectivity index (χ4n) is 2.38. The molecular weight excluding hydrogens is 322 g/mol. The molecule has 1 fully saturated rings. The Kier molecular flexibility index (Phi) is 8.71. The van der Waals surface area contributed by atoms with Crippen molar-refractivity contribution in [2.75, 3.05) is 25.1 Å². The lowest BCUT2D eigenvalue weighted by Gasteiger charge is -2.10. The maximum absolute atomic E-state index is 11.6. The van der Waals surface area contributed by atoms with Crippen LogP contribution in [-0.2, 0) is 14.4 Å². The molecule has 2 heterocycles. The van der Waals surface area contributed by atoms with Crippen LogP contribution in [0, 0.1) is 0 Å². The van der Waals surface area contributed by atoms with Crippen LogP contribution in [0.1, 0.15) is 38.5 Å². The van der Waals surface area contributed by atoms with Gasteiger partial charge in [0.1, 0.15) is 6.10 Å². The number of ether oxygens (including phenoxy) is 1. The molecule has 1 atom stereocenters. The normalized spacial score (nSPS) is 17.4. The predicted octanol–water partition coefficient (Wildman–Crippen LogP) is 1.60. The van der Waals surface area contributed by atoms with E-state index in [0.29, 0.717) is 32.1 Å². The van der Waals surface area contributed by atoms with Gasteiger partial charge in [-0.2, -0.15) is 0 Å². The van der Waals surface area contributed by atoms with Gasteiger partial charge in [0.25, 0.3) is 0 Å². The SMILES string of the molecule is NC(=NCCCCCCC(=O)NOC1CCOC1)Nc1ccncc1. The van der Waals surface area contributed by atoms with Gasteiger partial charge >= 0.3 is 0 Å². The number of nitrogens with one attached hydrogen (secondary N) is 2. The largest absolute Gasteiger partial charge is 0.379 e. The zero-order valence-corrected chi connectivity index (χ0v) is 14.4. The third kappa shape index (κ3) is 8.46. The smallest absolute Gasteiger partial charge is 0.243 e. The number of pyridine rings is 1. The second kappa shape index (κ2) is 11.4. The van der Waals surface area contributed by atoms with Crippen LogP contribution in [0.3, 0.4) is 0 Å². The van der Waals surface area contributed by atoms with Crippen LogP contribution in [0.15, 0.2) is 29.5 Å². The number of carbonyl (C=O) groups excluding carboxylic acids is 1. The number of hydrogen-bond acceptors (Lipinski definition) is 5. The first-order valence-electron chi connectivity index (χ1n) is 8.73. The molecule has 8 heteroatoms. The van der Waals surface area contributed by atoms with Crippen molar-refractivity contribution in [3.05, 3.63) is 24.5 Å². The van der Waals surface area contributed by atoms with Gasteiger partial charge in [-0.1, -0.05) is 12.8 Å². The van der Waals surface area contributed by atoms with E-state index in [4.69, 9.17) is 15.3 Å². The fourth-order valence-corrected chi connectivity index (χ4v) is 2.38. The van der Waals surface area contributed by atoms with E-state index in [1.807, 2.05) is 12.1 Å². The van der Waals surface area contributed by atoms with Crippen molar-refractivity contribution in [1.29, 1.82) is 0 Å². The van der Waals surface area contributed by atoms with Crippen LogP contribution in [-0.4, -0.2) is 42.7 Å². The van der Waals surface area contributed by atoms with Gasteiger partial charge in [-0.25, -0.2) is 5.48 Å². The number of rotatable bonds is 10. The van der Waals surface area contributed by atoms with E-state index in [0.717, 1.165) is 37.8 Å². The van der Waals surface area contributed by atoms with E-state index >= 15 is 0 Å². The molecule has 1 amide bonds. The highest BCUT2D eigenvalue weighted by atomic mass is 16.7. The van der Waals surface area contributed by atoms with Gasteiger partial charge in [-0.05, 0) is 25.0 Å². The summed E-state index contributed by atoms with van der Waals surface area (Å²) < 4.78 is 5.17. The van der Waals surface area contributed by atoms with Gasteiger partial charge in [-0.3, -0.25) is 19.6 Å². The molecule has 138 valence electrons. The number of carbonyl (C=O) groups is 1. The van der Waals surface area contributed by atoms with Crippen LogP contribution in [0.2, 0.25) is 0 Å². The number of nitrogens with zero attached hydrogens (tertiary/aromatic N) is 2. The topological polar surface area (TPSA) is 111 Å². The molecule has 0 spiro atoms. The number of aromatic nitrogens is 1. The number of amides is 1. The van der Waals surface area contributed by atoms with Crippen LogP contribution < -0.4 is 16.5 Å². The highest BCUT2D eigenvalue weighted by Crippen LogP contribution is 2.07. The van der Waals surface area contributed by atoms with Gasteiger partial charge in [0.2, 0.25) is 5.91 Å². The fraction of sp³-hybridized carbons (Fsp3) is 0.588. The summed E-state index contributed by atoms with van der Waals surface area (Å²) in [5, 5.41) is 3.01. The third-order valence-corrected chi connectivity index (χ3v) is 3.77. The molecule has 0 radical (unpaired) electrons. The number of aliphatic imine (C=N–C) groups is 1. The summed E-state index contributed by atoms with van der Waals surface area (Å²) in [5.41, 5.74) is 9.18. The van der Waals surface area contributed by atoms with Crippen molar-refractivity contribution >= 4 is 17.6 Å². The standard InChI is InChI=1S/C17H27N5O3/c18-17(21-14-6-10-19-11-7-14)20-9-4-2-1-3-5-16(23)22-25-15-8-12-24-13-15/h6-7,10-11,15H,1-5,8-9,12-13H2,(H,22,23)(H3,18,19,20,21). The first-order valence-corrected chi connectivity index (χ1v) is 8.73. The molecule has 8 nitrogen and oxygen atoms in total. The molecule has 0 aliphatic carbocycles. The van der Waals surface area contributed by atoms with Crippen molar-refractivity contribution < 1.29 is 14.4 Å². The number of anilines is 1. The zero-order chi connectivity index (χ0) is 17.7.